The van der Waals surface area contributed by atoms with Crippen LogP contribution in [-0.2, 0) is 5.75 Å². The summed E-state index contributed by atoms with van der Waals surface area (Å²) >= 11 is 3.06. The molecule has 1 amide bonds. The first kappa shape index (κ1) is 15.6. The summed E-state index contributed by atoms with van der Waals surface area (Å²) in [6.07, 6.45) is -1.10. The van der Waals surface area contributed by atoms with E-state index < -0.39 is 6.09 Å². The Balaban J connectivity index is 1.70. The lowest BCUT2D eigenvalue weighted by Crippen LogP contribution is -2.06. The first-order chi connectivity index (χ1) is 11.1. The first-order valence-corrected chi connectivity index (χ1v) is 8.60. The zero-order valence-corrected chi connectivity index (χ0v) is 13.9. The normalized spacial score (nSPS) is 10.7. The van der Waals surface area contributed by atoms with Gasteiger partial charge in [0, 0.05) is 10.6 Å². The van der Waals surface area contributed by atoms with Gasteiger partial charge in [-0.25, -0.2) is 9.78 Å². The minimum atomic E-state index is -1.10. The van der Waals surface area contributed by atoms with Crippen LogP contribution in [0, 0.1) is 0 Å². The Bertz CT molecular complexity index is 831. The minimum Gasteiger partial charge on any atom is -0.497 e. The predicted octanol–water partition coefficient (Wildman–Crippen LogP) is 4.69. The summed E-state index contributed by atoms with van der Waals surface area (Å²) in [7, 11) is 1.65. The van der Waals surface area contributed by atoms with Crippen LogP contribution in [0.1, 0.15) is 5.56 Å². The van der Waals surface area contributed by atoms with E-state index in [2.05, 4.69) is 10.3 Å². The molecule has 0 aliphatic rings. The molecule has 0 saturated heterocycles. The maximum atomic E-state index is 10.7. The number of carboxylic acid groups (broad SMARTS) is 1. The van der Waals surface area contributed by atoms with Crippen LogP contribution < -0.4 is 10.1 Å². The van der Waals surface area contributed by atoms with Crippen LogP contribution in [0.5, 0.6) is 5.75 Å². The Morgan fingerprint density at radius 1 is 1.30 bits per heavy atom. The molecule has 2 aromatic carbocycles. The molecule has 3 rings (SSSR count). The highest BCUT2D eigenvalue weighted by Crippen LogP contribution is 2.31. The fourth-order valence-corrected chi connectivity index (χ4v) is 3.89. The Kier molecular flexibility index (Phi) is 4.68. The molecule has 3 aromatic rings. The molecule has 0 spiro atoms. The number of thiazole rings is 1. The molecule has 0 atom stereocenters. The van der Waals surface area contributed by atoms with Gasteiger partial charge in [0.05, 0.1) is 17.3 Å². The fourth-order valence-electron chi connectivity index (χ4n) is 2.03. The molecule has 0 saturated carbocycles. The van der Waals surface area contributed by atoms with Crippen LogP contribution in [0.4, 0.5) is 9.93 Å². The van der Waals surface area contributed by atoms with Crippen molar-refractivity contribution in [2.45, 2.75) is 10.6 Å². The summed E-state index contributed by atoms with van der Waals surface area (Å²) in [6, 6.07) is 13.9. The van der Waals surface area contributed by atoms with Crippen LogP contribution in [0.2, 0.25) is 0 Å². The van der Waals surface area contributed by atoms with Gasteiger partial charge in [0.25, 0.3) is 0 Å². The molecule has 23 heavy (non-hydrogen) atoms. The van der Waals surface area contributed by atoms with Crippen molar-refractivity contribution in [2.24, 2.45) is 0 Å². The van der Waals surface area contributed by atoms with Gasteiger partial charge >= 0.3 is 6.09 Å². The van der Waals surface area contributed by atoms with Crippen molar-refractivity contribution in [1.82, 2.24) is 4.98 Å². The second kappa shape index (κ2) is 6.89. The van der Waals surface area contributed by atoms with Gasteiger partial charge in [-0.2, -0.15) is 0 Å². The summed E-state index contributed by atoms with van der Waals surface area (Å²) in [4.78, 5) is 16.0. The van der Waals surface area contributed by atoms with Gasteiger partial charge in [0.15, 0.2) is 5.13 Å². The summed E-state index contributed by atoms with van der Waals surface area (Å²) in [6.45, 7) is 0. The van der Waals surface area contributed by atoms with Gasteiger partial charge in [-0.3, -0.25) is 5.32 Å². The topological polar surface area (TPSA) is 71.5 Å². The van der Waals surface area contributed by atoms with Gasteiger partial charge in [-0.15, -0.1) is 11.8 Å². The Morgan fingerprint density at radius 3 is 2.78 bits per heavy atom. The number of nitrogens with zero attached hydrogens (tertiary/aromatic N) is 1. The van der Waals surface area contributed by atoms with E-state index in [9.17, 15) is 4.79 Å². The minimum absolute atomic E-state index is 0.393. The van der Waals surface area contributed by atoms with E-state index >= 15 is 0 Å². The number of ether oxygens (including phenoxy) is 1. The molecule has 0 unspecified atom stereocenters. The van der Waals surface area contributed by atoms with Crippen LogP contribution in [0.3, 0.4) is 0 Å². The lowest BCUT2D eigenvalue weighted by Gasteiger charge is -2.04. The molecule has 0 aliphatic carbocycles. The maximum Gasteiger partial charge on any atom is 0.410 e. The monoisotopic (exact) mass is 346 g/mol. The maximum absolute atomic E-state index is 10.7. The summed E-state index contributed by atoms with van der Waals surface area (Å²) in [5, 5.41) is 11.4. The lowest BCUT2D eigenvalue weighted by atomic mass is 10.2. The Labute approximate surface area is 141 Å². The van der Waals surface area contributed by atoms with Crippen molar-refractivity contribution < 1.29 is 14.6 Å². The smallest absolute Gasteiger partial charge is 0.410 e. The molecule has 5 nitrogen and oxygen atoms in total. The van der Waals surface area contributed by atoms with Gasteiger partial charge in [0.2, 0.25) is 0 Å². The summed E-state index contributed by atoms with van der Waals surface area (Å²) in [5.74, 6) is 1.71. The second-order valence-electron chi connectivity index (χ2n) is 4.72. The van der Waals surface area contributed by atoms with Gasteiger partial charge in [0.1, 0.15) is 5.75 Å². The number of aromatic nitrogens is 1. The highest BCUT2D eigenvalue weighted by Gasteiger charge is 2.07. The van der Waals surface area contributed by atoms with Crippen molar-refractivity contribution in [3.05, 3.63) is 48.0 Å². The molecule has 0 bridgehead atoms. The largest absolute Gasteiger partial charge is 0.497 e. The van der Waals surface area contributed by atoms with E-state index in [0.717, 1.165) is 26.6 Å². The van der Waals surface area contributed by atoms with Crippen LogP contribution in [-0.4, -0.2) is 23.3 Å². The number of anilines is 1. The number of benzene rings is 2. The highest BCUT2D eigenvalue weighted by atomic mass is 32.2. The molecular formula is C16H14N2O3S2. The van der Waals surface area contributed by atoms with Crippen molar-refractivity contribution in [3.63, 3.8) is 0 Å². The van der Waals surface area contributed by atoms with Gasteiger partial charge < -0.3 is 9.84 Å². The standard InChI is InChI=1S/C16H14N2O3S2/c1-21-11-4-2-10(3-5-11)9-22-12-6-7-13-14(8-12)23-15(17-13)18-16(19)20/h2-8H,9H2,1H3,(H,17,18)(H,19,20). The number of amides is 1. The van der Waals surface area contributed by atoms with Crippen molar-refractivity contribution >= 4 is 44.5 Å². The molecule has 1 heterocycles. The molecule has 1 aromatic heterocycles. The number of rotatable bonds is 5. The molecule has 2 N–H and O–H groups in total. The number of thioether (sulfide) groups is 1. The lowest BCUT2D eigenvalue weighted by molar-refractivity contribution is 0.210. The molecule has 0 aliphatic heterocycles. The summed E-state index contributed by atoms with van der Waals surface area (Å²) < 4.78 is 6.12. The van der Waals surface area contributed by atoms with Crippen molar-refractivity contribution in [1.29, 1.82) is 0 Å². The van der Waals surface area contributed by atoms with E-state index in [1.165, 1.54) is 16.9 Å². The third-order valence-corrected chi connectivity index (χ3v) is 5.14. The van der Waals surface area contributed by atoms with Crippen molar-refractivity contribution in [3.8, 4) is 5.75 Å². The fraction of sp³-hybridized carbons (Fsp3) is 0.125. The molecule has 7 heteroatoms. The zero-order valence-electron chi connectivity index (χ0n) is 12.3. The average Bonchev–Trinajstić information content (AvgIpc) is 2.94. The van der Waals surface area contributed by atoms with E-state index in [1.807, 2.05) is 42.5 Å². The van der Waals surface area contributed by atoms with E-state index in [0.29, 0.717) is 5.13 Å². The van der Waals surface area contributed by atoms with E-state index in [1.54, 1.807) is 18.9 Å². The SMILES string of the molecule is COc1ccc(CSc2ccc3nc(NC(=O)O)sc3c2)cc1. The number of nitrogens with one attached hydrogen (secondary N) is 1. The molecule has 118 valence electrons. The average molecular weight is 346 g/mol. The van der Waals surface area contributed by atoms with Gasteiger partial charge in [-0.05, 0) is 35.9 Å². The Morgan fingerprint density at radius 2 is 2.09 bits per heavy atom. The highest BCUT2D eigenvalue weighted by molar-refractivity contribution is 7.98. The third kappa shape index (κ3) is 3.94. The number of carbonyl (C=O) groups is 1. The van der Waals surface area contributed by atoms with Crippen LogP contribution in [0.15, 0.2) is 47.4 Å². The van der Waals surface area contributed by atoms with Crippen LogP contribution in [0.25, 0.3) is 10.2 Å². The quantitative estimate of drug-likeness (QED) is 0.656. The first-order valence-electron chi connectivity index (χ1n) is 6.80. The van der Waals surface area contributed by atoms with E-state index in [4.69, 9.17) is 9.84 Å². The molecule has 0 radical (unpaired) electrons. The van der Waals surface area contributed by atoms with Crippen LogP contribution >= 0.6 is 23.1 Å². The van der Waals surface area contributed by atoms with Gasteiger partial charge in [-0.1, -0.05) is 23.5 Å². The van der Waals surface area contributed by atoms with Crippen molar-refractivity contribution in [2.75, 3.05) is 12.4 Å². The number of methoxy groups -OCH3 is 1. The summed E-state index contributed by atoms with van der Waals surface area (Å²) in [5.41, 5.74) is 2.01. The second-order valence-corrected chi connectivity index (χ2v) is 6.79. The zero-order chi connectivity index (χ0) is 16.2. The predicted molar refractivity (Wildman–Crippen MR) is 93.8 cm³/mol. The number of hydrogen-bond donors (Lipinski definition) is 2. The number of fused-ring (bicyclic) bond motifs is 1. The number of hydrogen-bond acceptors (Lipinski definition) is 5. The Hall–Kier alpha value is -2.25. The van der Waals surface area contributed by atoms with E-state index in [-0.39, 0.29) is 0 Å². The molecule has 0 fully saturated rings. The third-order valence-electron chi connectivity index (χ3n) is 3.14. The molecular weight excluding hydrogens is 332 g/mol.